The van der Waals surface area contributed by atoms with Crippen molar-refractivity contribution in [2.24, 2.45) is 0 Å². The van der Waals surface area contributed by atoms with E-state index < -0.39 is 11.6 Å². The second kappa shape index (κ2) is 21.7. The van der Waals surface area contributed by atoms with Crippen LogP contribution in [-0.2, 0) is 24.6 Å². The van der Waals surface area contributed by atoms with Crippen molar-refractivity contribution in [1.82, 2.24) is 0 Å². The normalized spacial score (nSPS) is 12.5. The molecule has 0 fully saturated rings. The molecular formula is C27H46O7. The van der Waals surface area contributed by atoms with Gasteiger partial charge in [0, 0.05) is 5.57 Å². The first-order chi connectivity index (χ1) is 16.4. The Labute approximate surface area is 205 Å². The molecule has 0 spiro atoms. The lowest BCUT2D eigenvalue weighted by Crippen LogP contribution is -2.32. The van der Waals surface area contributed by atoms with Crippen LogP contribution in [-0.4, -0.2) is 67.5 Å². The standard InChI is InChI=1S/C23H40O5.C4H6O2/c1-2-3-4-5-6-7-11-14-23(25,22-12-9-8-10-13-22)21-28-20-19-27-18-17-26-16-15-24;1-3(2)4(5)6/h8-10,12-13,24-25H,2-7,11,14-21H2,1H3;1H2,2H3,(H,5,6). The number of carboxylic acid groups (broad SMARTS) is 1. The maximum atomic E-state index is 11.2. The van der Waals surface area contributed by atoms with Crippen LogP contribution in [0.25, 0.3) is 0 Å². The molecule has 0 aliphatic carbocycles. The number of hydrogen-bond donors (Lipinski definition) is 3. The van der Waals surface area contributed by atoms with E-state index in [9.17, 15) is 9.90 Å². The molecule has 7 heteroatoms. The van der Waals surface area contributed by atoms with Crippen LogP contribution in [0.15, 0.2) is 42.5 Å². The van der Waals surface area contributed by atoms with Gasteiger partial charge >= 0.3 is 5.97 Å². The lowest BCUT2D eigenvalue weighted by molar-refractivity contribution is -0.132. The summed E-state index contributed by atoms with van der Waals surface area (Å²) in [6.07, 6.45) is 9.27. The van der Waals surface area contributed by atoms with E-state index in [1.165, 1.54) is 39.0 Å². The number of aliphatic hydroxyl groups is 2. The number of ether oxygens (including phenoxy) is 3. The Kier molecular flexibility index (Phi) is 20.6. The average molecular weight is 483 g/mol. The number of unbranched alkanes of at least 4 members (excludes halogenated alkanes) is 6. The first-order valence-corrected chi connectivity index (χ1v) is 12.4. The van der Waals surface area contributed by atoms with Crippen molar-refractivity contribution in [2.75, 3.05) is 46.2 Å². The fourth-order valence-electron chi connectivity index (χ4n) is 3.17. The van der Waals surface area contributed by atoms with Crippen LogP contribution in [0.2, 0.25) is 0 Å². The Morgan fingerprint density at radius 3 is 1.91 bits per heavy atom. The Morgan fingerprint density at radius 1 is 0.882 bits per heavy atom. The van der Waals surface area contributed by atoms with Crippen molar-refractivity contribution in [3.63, 3.8) is 0 Å². The zero-order valence-electron chi connectivity index (χ0n) is 21.2. The number of carbonyl (C=O) groups is 1. The van der Waals surface area contributed by atoms with Gasteiger partial charge in [0.25, 0.3) is 0 Å². The fraction of sp³-hybridized carbons (Fsp3) is 0.667. The molecule has 0 aliphatic heterocycles. The topological polar surface area (TPSA) is 105 Å². The number of hydrogen-bond acceptors (Lipinski definition) is 6. The van der Waals surface area contributed by atoms with E-state index in [4.69, 9.17) is 24.4 Å². The summed E-state index contributed by atoms with van der Waals surface area (Å²) in [4.78, 5) is 9.60. The highest BCUT2D eigenvalue weighted by atomic mass is 16.5. The van der Waals surface area contributed by atoms with Crippen LogP contribution in [0.5, 0.6) is 0 Å². The van der Waals surface area contributed by atoms with Gasteiger partial charge in [0.2, 0.25) is 0 Å². The minimum Gasteiger partial charge on any atom is -0.478 e. The van der Waals surface area contributed by atoms with E-state index in [1.54, 1.807) is 0 Å². The first-order valence-electron chi connectivity index (χ1n) is 12.4. The average Bonchev–Trinajstić information content (AvgIpc) is 2.83. The summed E-state index contributed by atoms with van der Waals surface area (Å²) < 4.78 is 16.3. The molecule has 0 saturated heterocycles. The molecule has 34 heavy (non-hydrogen) atoms. The number of carboxylic acids is 1. The van der Waals surface area contributed by atoms with Gasteiger partial charge in [-0.2, -0.15) is 0 Å². The highest BCUT2D eigenvalue weighted by molar-refractivity contribution is 5.84. The van der Waals surface area contributed by atoms with Crippen molar-refractivity contribution in [1.29, 1.82) is 0 Å². The van der Waals surface area contributed by atoms with Gasteiger partial charge in [-0.15, -0.1) is 0 Å². The number of aliphatic carboxylic acids is 1. The molecule has 0 amide bonds. The van der Waals surface area contributed by atoms with Crippen LogP contribution >= 0.6 is 0 Å². The Morgan fingerprint density at radius 2 is 1.38 bits per heavy atom. The van der Waals surface area contributed by atoms with Crippen LogP contribution < -0.4 is 0 Å². The lowest BCUT2D eigenvalue weighted by atomic mass is 9.89. The van der Waals surface area contributed by atoms with E-state index in [0.717, 1.165) is 18.4 Å². The molecule has 1 atom stereocenters. The van der Waals surface area contributed by atoms with Crippen LogP contribution in [0.4, 0.5) is 0 Å². The Hall–Kier alpha value is -1.77. The molecule has 1 aromatic carbocycles. The minimum absolute atomic E-state index is 0.0277. The van der Waals surface area contributed by atoms with Gasteiger partial charge < -0.3 is 29.5 Å². The third-order valence-electron chi connectivity index (χ3n) is 5.19. The zero-order valence-corrected chi connectivity index (χ0v) is 21.2. The summed E-state index contributed by atoms with van der Waals surface area (Å²) >= 11 is 0. The zero-order chi connectivity index (χ0) is 25.5. The summed E-state index contributed by atoms with van der Waals surface area (Å²) in [6.45, 7) is 9.31. The van der Waals surface area contributed by atoms with Gasteiger partial charge in [-0.1, -0.05) is 88.8 Å². The van der Waals surface area contributed by atoms with Gasteiger partial charge in [0.05, 0.1) is 46.2 Å². The molecule has 0 radical (unpaired) electrons. The number of aliphatic hydroxyl groups excluding tert-OH is 1. The van der Waals surface area contributed by atoms with E-state index in [2.05, 4.69) is 13.5 Å². The summed E-state index contributed by atoms with van der Waals surface area (Å²) in [5, 5.41) is 27.7. The Balaban J connectivity index is 0.00000160. The van der Waals surface area contributed by atoms with Crippen molar-refractivity contribution in [3.05, 3.63) is 48.0 Å². The molecule has 0 saturated carbocycles. The fourth-order valence-corrected chi connectivity index (χ4v) is 3.17. The van der Waals surface area contributed by atoms with E-state index in [1.807, 2.05) is 30.3 Å². The monoisotopic (exact) mass is 482 g/mol. The Bertz CT molecular complexity index is 609. The number of rotatable bonds is 20. The molecule has 0 bridgehead atoms. The second-order valence-electron chi connectivity index (χ2n) is 8.36. The van der Waals surface area contributed by atoms with Crippen molar-refractivity contribution in [2.45, 2.75) is 70.8 Å². The predicted molar refractivity (Wildman–Crippen MR) is 135 cm³/mol. The van der Waals surface area contributed by atoms with Gasteiger partial charge in [-0.25, -0.2) is 4.79 Å². The van der Waals surface area contributed by atoms with Gasteiger partial charge in [0.1, 0.15) is 5.60 Å². The smallest absolute Gasteiger partial charge is 0.330 e. The third-order valence-corrected chi connectivity index (χ3v) is 5.19. The molecule has 0 heterocycles. The molecule has 0 aromatic heterocycles. The van der Waals surface area contributed by atoms with Crippen LogP contribution in [0.3, 0.4) is 0 Å². The predicted octanol–water partition coefficient (Wildman–Crippen LogP) is 4.70. The maximum Gasteiger partial charge on any atom is 0.330 e. The molecule has 7 nitrogen and oxygen atoms in total. The van der Waals surface area contributed by atoms with Gasteiger partial charge in [-0.3, -0.25) is 0 Å². The van der Waals surface area contributed by atoms with E-state index >= 15 is 0 Å². The largest absolute Gasteiger partial charge is 0.478 e. The van der Waals surface area contributed by atoms with Crippen molar-refractivity contribution >= 4 is 5.97 Å². The second-order valence-corrected chi connectivity index (χ2v) is 8.36. The molecule has 1 rings (SSSR count). The van der Waals surface area contributed by atoms with Crippen LogP contribution in [0, 0.1) is 0 Å². The van der Waals surface area contributed by atoms with Crippen molar-refractivity contribution < 1.29 is 34.3 Å². The van der Waals surface area contributed by atoms with E-state index in [-0.39, 0.29) is 18.8 Å². The molecule has 3 N–H and O–H groups in total. The summed E-state index contributed by atoms with van der Waals surface area (Å²) in [5.41, 5.74) is 0.142. The van der Waals surface area contributed by atoms with Crippen LogP contribution in [0.1, 0.15) is 70.8 Å². The summed E-state index contributed by atoms with van der Waals surface area (Å²) in [6, 6.07) is 9.82. The first kappa shape index (κ1) is 32.2. The van der Waals surface area contributed by atoms with Crippen molar-refractivity contribution in [3.8, 4) is 0 Å². The van der Waals surface area contributed by atoms with Gasteiger partial charge in [0.15, 0.2) is 0 Å². The summed E-state index contributed by atoms with van der Waals surface area (Å²) in [5.74, 6) is -0.935. The molecule has 0 aliphatic rings. The van der Waals surface area contributed by atoms with E-state index in [0.29, 0.717) is 39.5 Å². The number of benzene rings is 1. The third kappa shape index (κ3) is 17.7. The SMILES string of the molecule is C=C(C)C(=O)O.CCCCCCCCCC(O)(COCCOCCOCCO)c1ccccc1. The van der Waals surface area contributed by atoms with Gasteiger partial charge in [-0.05, 0) is 18.9 Å². The quantitative estimate of drug-likeness (QED) is 0.183. The molecule has 1 unspecified atom stereocenters. The lowest BCUT2D eigenvalue weighted by Gasteiger charge is -2.29. The molecular weight excluding hydrogens is 436 g/mol. The molecule has 1 aromatic rings. The minimum atomic E-state index is -0.949. The summed E-state index contributed by atoms with van der Waals surface area (Å²) in [7, 11) is 0. The molecule has 196 valence electrons. The maximum absolute atomic E-state index is 11.2. The highest BCUT2D eigenvalue weighted by Crippen LogP contribution is 2.28. The highest BCUT2D eigenvalue weighted by Gasteiger charge is 2.28.